The number of phenols is 1. The lowest BCUT2D eigenvalue weighted by Crippen LogP contribution is -2.04. The van der Waals surface area contributed by atoms with Gasteiger partial charge < -0.3 is 10.4 Å². The first-order chi connectivity index (χ1) is 5.36. The second-order valence-corrected chi connectivity index (χ2v) is 2.46. The zero-order valence-electron chi connectivity index (χ0n) is 5.91. The Hall–Kier alpha value is -1.51. The lowest BCUT2D eigenvalue weighted by molar-refractivity contribution is 0.475. The highest BCUT2D eigenvalue weighted by atomic mass is 16.3. The summed E-state index contributed by atoms with van der Waals surface area (Å²) in [5.74, 6) is 0.284. The molecule has 1 aromatic rings. The maximum Gasteiger partial charge on any atom is 0.117 e. The van der Waals surface area contributed by atoms with Gasteiger partial charge >= 0.3 is 0 Å². The maximum atomic E-state index is 9.10. The molecule has 1 aliphatic heterocycles. The molecule has 1 aliphatic rings. The van der Waals surface area contributed by atoms with Crippen LogP contribution >= 0.6 is 0 Å². The molecule has 3 nitrogen and oxygen atoms in total. The van der Waals surface area contributed by atoms with Gasteiger partial charge in [-0.3, -0.25) is 4.99 Å². The van der Waals surface area contributed by atoms with Gasteiger partial charge in [-0.05, 0) is 11.6 Å². The largest absolute Gasteiger partial charge is 0.508 e. The van der Waals surface area contributed by atoms with E-state index in [-0.39, 0.29) is 5.75 Å². The number of rotatable bonds is 0. The second kappa shape index (κ2) is 2.27. The van der Waals surface area contributed by atoms with E-state index in [4.69, 9.17) is 5.11 Å². The average Bonchev–Trinajstić information content (AvgIpc) is 2.04. The van der Waals surface area contributed by atoms with E-state index in [9.17, 15) is 0 Å². The van der Waals surface area contributed by atoms with E-state index in [0.29, 0.717) is 6.54 Å². The van der Waals surface area contributed by atoms with E-state index in [2.05, 4.69) is 10.3 Å². The molecule has 3 heteroatoms. The molecule has 0 amide bonds. The van der Waals surface area contributed by atoms with Crippen LogP contribution in [0, 0.1) is 0 Å². The van der Waals surface area contributed by atoms with Crippen molar-refractivity contribution >= 4 is 12.0 Å². The Morgan fingerprint density at radius 3 is 3.27 bits per heavy atom. The summed E-state index contributed by atoms with van der Waals surface area (Å²) >= 11 is 0. The quantitative estimate of drug-likeness (QED) is 0.583. The Kier molecular flexibility index (Phi) is 1.28. The van der Waals surface area contributed by atoms with Crippen LogP contribution in [-0.4, -0.2) is 11.4 Å². The van der Waals surface area contributed by atoms with Crippen molar-refractivity contribution < 1.29 is 5.11 Å². The maximum absolute atomic E-state index is 9.10. The molecule has 0 radical (unpaired) electrons. The summed E-state index contributed by atoms with van der Waals surface area (Å²) in [6.45, 7) is 0.697. The van der Waals surface area contributed by atoms with Crippen molar-refractivity contribution in [3.8, 4) is 5.75 Å². The van der Waals surface area contributed by atoms with Crippen LogP contribution in [0.5, 0.6) is 5.75 Å². The molecular weight excluding hydrogens is 140 g/mol. The Morgan fingerprint density at radius 1 is 1.45 bits per heavy atom. The number of phenolic OH excluding ortho intramolecular Hbond substituents is 1. The first-order valence-corrected chi connectivity index (χ1v) is 3.43. The van der Waals surface area contributed by atoms with E-state index in [0.717, 1.165) is 11.3 Å². The van der Waals surface area contributed by atoms with Crippen LogP contribution in [0.25, 0.3) is 0 Å². The summed E-state index contributed by atoms with van der Waals surface area (Å²) < 4.78 is 0. The van der Waals surface area contributed by atoms with Crippen LogP contribution in [0.2, 0.25) is 0 Å². The van der Waals surface area contributed by atoms with Crippen LogP contribution in [0.1, 0.15) is 5.56 Å². The number of nitrogens with zero attached hydrogens (tertiary/aromatic N) is 1. The molecule has 2 rings (SSSR count). The molecule has 2 N–H and O–H groups in total. The number of aromatic hydroxyl groups is 1. The van der Waals surface area contributed by atoms with Gasteiger partial charge in [-0.2, -0.15) is 0 Å². The zero-order chi connectivity index (χ0) is 7.68. The highest BCUT2D eigenvalue weighted by Gasteiger charge is 2.04. The van der Waals surface area contributed by atoms with Gasteiger partial charge in [-0.1, -0.05) is 6.07 Å². The lowest BCUT2D eigenvalue weighted by Gasteiger charge is -2.11. The third-order valence-electron chi connectivity index (χ3n) is 1.67. The van der Waals surface area contributed by atoms with Crippen LogP contribution in [0.15, 0.2) is 23.2 Å². The first-order valence-electron chi connectivity index (χ1n) is 3.43. The summed E-state index contributed by atoms with van der Waals surface area (Å²) in [7, 11) is 0. The molecule has 0 aliphatic carbocycles. The molecular formula is C8H8N2O. The normalized spacial score (nSPS) is 13.8. The van der Waals surface area contributed by atoms with Gasteiger partial charge in [0.1, 0.15) is 5.75 Å². The van der Waals surface area contributed by atoms with Crippen LogP contribution < -0.4 is 5.32 Å². The standard InChI is InChI=1S/C8H8N2O/c11-7-2-1-6-4-9-5-10-8(6)3-7/h1-3,5,11H,4H2,(H,9,10). The average molecular weight is 148 g/mol. The molecule has 0 saturated carbocycles. The fourth-order valence-corrected chi connectivity index (χ4v) is 1.10. The Balaban J connectivity index is 2.48. The van der Waals surface area contributed by atoms with Crippen molar-refractivity contribution in [1.82, 2.24) is 0 Å². The summed E-state index contributed by atoms with van der Waals surface area (Å²) in [4.78, 5) is 4.03. The number of anilines is 1. The van der Waals surface area contributed by atoms with Gasteiger partial charge in [0.15, 0.2) is 0 Å². The van der Waals surface area contributed by atoms with Gasteiger partial charge in [-0.25, -0.2) is 0 Å². The first kappa shape index (κ1) is 6.22. The Labute approximate surface area is 64.4 Å². The van der Waals surface area contributed by atoms with E-state index in [1.165, 1.54) is 0 Å². The molecule has 0 fully saturated rings. The van der Waals surface area contributed by atoms with Gasteiger partial charge in [0.05, 0.1) is 12.9 Å². The van der Waals surface area contributed by atoms with Crippen molar-refractivity contribution in [1.29, 1.82) is 0 Å². The monoisotopic (exact) mass is 148 g/mol. The smallest absolute Gasteiger partial charge is 0.117 e. The fraction of sp³-hybridized carbons (Fsp3) is 0.125. The van der Waals surface area contributed by atoms with E-state index < -0.39 is 0 Å². The number of benzene rings is 1. The molecule has 0 saturated heterocycles. The molecule has 0 spiro atoms. The number of hydrogen-bond donors (Lipinski definition) is 2. The van der Waals surface area contributed by atoms with Crippen molar-refractivity contribution in [3.63, 3.8) is 0 Å². The topological polar surface area (TPSA) is 44.6 Å². The minimum atomic E-state index is 0.284. The van der Waals surface area contributed by atoms with Crippen molar-refractivity contribution in [3.05, 3.63) is 23.8 Å². The third-order valence-corrected chi connectivity index (χ3v) is 1.67. The summed E-state index contributed by atoms with van der Waals surface area (Å²) in [5.41, 5.74) is 2.06. The third kappa shape index (κ3) is 1.05. The minimum absolute atomic E-state index is 0.284. The predicted molar refractivity (Wildman–Crippen MR) is 43.9 cm³/mol. The van der Waals surface area contributed by atoms with Crippen molar-refractivity contribution in [2.24, 2.45) is 4.99 Å². The molecule has 56 valence electrons. The number of aliphatic imine (C=N–C) groups is 1. The number of hydrogen-bond acceptors (Lipinski definition) is 3. The van der Waals surface area contributed by atoms with Gasteiger partial charge in [0.25, 0.3) is 0 Å². The predicted octanol–water partition coefficient (Wildman–Crippen LogP) is 1.35. The highest BCUT2D eigenvalue weighted by Crippen LogP contribution is 2.23. The Bertz CT molecular complexity index is 307. The number of nitrogens with one attached hydrogen (secondary N) is 1. The molecule has 0 atom stereocenters. The van der Waals surface area contributed by atoms with Crippen LogP contribution in [-0.2, 0) is 6.54 Å². The molecule has 0 unspecified atom stereocenters. The van der Waals surface area contributed by atoms with Crippen LogP contribution in [0.3, 0.4) is 0 Å². The lowest BCUT2D eigenvalue weighted by atomic mass is 10.1. The molecule has 1 aromatic carbocycles. The summed E-state index contributed by atoms with van der Waals surface area (Å²) in [6.07, 6.45) is 1.64. The summed E-state index contributed by atoms with van der Waals surface area (Å²) in [6, 6.07) is 5.23. The SMILES string of the molecule is Oc1ccc2c(c1)NC=NC2. The zero-order valence-corrected chi connectivity index (χ0v) is 5.91. The molecule has 1 heterocycles. The van der Waals surface area contributed by atoms with Crippen molar-refractivity contribution in [2.45, 2.75) is 6.54 Å². The molecule has 11 heavy (non-hydrogen) atoms. The van der Waals surface area contributed by atoms with Crippen LogP contribution in [0.4, 0.5) is 5.69 Å². The highest BCUT2D eigenvalue weighted by molar-refractivity contribution is 5.80. The number of fused-ring (bicyclic) bond motifs is 1. The molecule has 0 bridgehead atoms. The minimum Gasteiger partial charge on any atom is -0.508 e. The van der Waals surface area contributed by atoms with E-state index in [1.807, 2.05) is 6.07 Å². The van der Waals surface area contributed by atoms with Gasteiger partial charge in [0, 0.05) is 11.8 Å². The van der Waals surface area contributed by atoms with Gasteiger partial charge in [0.2, 0.25) is 0 Å². The second-order valence-electron chi connectivity index (χ2n) is 2.46. The van der Waals surface area contributed by atoms with E-state index >= 15 is 0 Å². The molecule has 0 aromatic heterocycles. The van der Waals surface area contributed by atoms with Gasteiger partial charge in [-0.15, -0.1) is 0 Å². The van der Waals surface area contributed by atoms with E-state index in [1.54, 1.807) is 18.5 Å². The summed E-state index contributed by atoms with van der Waals surface area (Å²) in [5, 5.41) is 12.1. The Morgan fingerprint density at radius 2 is 2.36 bits per heavy atom. The fourth-order valence-electron chi connectivity index (χ4n) is 1.10. The van der Waals surface area contributed by atoms with Crippen molar-refractivity contribution in [2.75, 3.05) is 5.32 Å².